The van der Waals surface area contributed by atoms with Gasteiger partial charge in [-0.05, 0) is 23.3 Å². The van der Waals surface area contributed by atoms with Crippen molar-refractivity contribution in [2.45, 2.75) is 30.6 Å². The molecule has 7 nitrogen and oxygen atoms in total. The van der Waals surface area contributed by atoms with Crippen molar-refractivity contribution in [2.24, 2.45) is 0 Å². The fraction of sp³-hybridized carbons (Fsp3) is 0.750. The Kier molecular flexibility index (Phi) is 3.73. The molecule has 88 valence electrons. The van der Waals surface area contributed by atoms with Crippen molar-refractivity contribution in [3.63, 3.8) is 0 Å². The molecule has 1 aliphatic rings. The molecule has 1 aromatic heterocycles. The van der Waals surface area contributed by atoms with Gasteiger partial charge in [-0.2, -0.15) is 0 Å². The summed E-state index contributed by atoms with van der Waals surface area (Å²) in [5, 5.41) is 23.2. The normalized spacial score (nSPS) is 15.1. The van der Waals surface area contributed by atoms with E-state index < -0.39 is 0 Å². The number of carbonyl (C=O) groups is 1. The summed E-state index contributed by atoms with van der Waals surface area (Å²) in [4.78, 5) is 11.4. The molecule has 0 aromatic carbocycles. The molecular formula is C8H13N5O2S. The molecule has 1 aromatic rings. The van der Waals surface area contributed by atoms with E-state index in [0.717, 1.165) is 12.8 Å². The number of tetrazole rings is 1. The van der Waals surface area contributed by atoms with E-state index >= 15 is 0 Å². The predicted octanol–water partition coefficient (Wildman–Crippen LogP) is -0.964. The fourth-order valence-electron chi connectivity index (χ4n) is 1.16. The molecule has 0 spiro atoms. The van der Waals surface area contributed by atoms with Gasteiger partial charge in [0.25, 0.3) is 0 Å². The van der Waals surface area contributed by atoms with Gasteiger partial charge >= 0.3 is 0 Å². The summed E-state index contributed by atoms with van der Waals surface area (Å²) in [5.74, 6) is 0.313. The van der Waals surface area contributed by atoms with Crippen LogP contribution >= 0.6 is 11.8 Å². The smallest absolute Gasteiger partial charge is 0.230 e. The van der Waals surface area contributed by atoms with Crippen molar-refractivity contribution in [1.29, 1.82) is 0 Å². The van der Waals surface area contributed by atoms with Gasteiger partial charge < -0.3 is 10.4 Å². The molecule has 1 fully saturated rings. The van der Waals surface area contributed by atoms with Gasteiger partial charge in [-0.1, -0.05) is 11.8 Å². The average Bonchev–Trinajstić information content (AvgIpc) is 2.95. The number of amides is 1. The number of hydrogen-bond donors (Lipinski definition) is 2. The van der Waals surface area contributed by atoms with Crippen molar-refractivity contribution >= 4 is 17.7 Å². The quantitative estimate of drug-likeness (QED) is 0.625. The minimum atomic E-state index is -0.0210. The number of rotatable bonds is 6. The van der Waals surface area contributed by atoms with Gasteiger partial charge in [0.15, 0.2) is 0 Å². The second-order valence-electron chi connectivity index (χ2n) is 3.54. The van der Waals surface area contributed by atoms with Gasteiger partial charge in [-0.25, -0.2) is 4.68 Å². The second kappa shape index (κ2) is 5.26. The maximum atomic E-state index is 11.4. The van der Waals surface area contributed by atoms with Crippen LogP contribution in [0.25, 0.3) is 0 Å². The lowest BCUT2D eigenvalue weighted by atomic mass is 10.6. The molecule has 0 atom stereocenters. The first-order valence-corrected chi connectivity index (χ1v) is 6.07. The van der Waals surface area contributed by atoms with E-state index in [1.807, 2.05) is 0 Å². The number of aliphatic hydroxyl groups excluding tert-OH is 1. The molecule has 8 heteroatoms. The zero-order valence-corrected chi connectivity index (χ0v) is 9.48. The van der Waals surface area contributed by atoms with Crippen molar-refractivity contribution in [2.75, 3.05) is 12.4 Å². The van der Waals surface area contributed by atoms with Crippen LogP contribution in [0.3, 0.4) is 0 Å². The van der Waals surface area contributed by atoms with Gasteiger partial charge in [0.1, 0.15) is 0 Å². The van der Waals surface area contributed by atoms with Crippen LogP contribution in [0.2, 0.25) is 0 Å². The molecule has 0 unspecified atom stereocenters. The first-order valence-electron chi connectivity index (χ1n) is 5.09. The van der Waals surface area contributed by atoms with Crippen molar-refractivity contribution in [1.82, 2.24) is 25.5 Å². The molecule has 2 rings (SSSR count). The van der Waals surface area contributed by atoms with Crippen LogP contribution in [0.5, 0.6) is 0 Å². The Morgan fingerprint density at radius 3 is 3.12 bits per heavy atom. The molecular weight excluding hydrogens is 230 g/mol. The standard InChI is InChI=1S/C8H13N5O2S/c14-4-3-13-8(10-11-12-13)16-5-7(15)9-6-1-2-6/h6,14H,1-5H2,(H,9,15). The van der Waals surface area contributed by atoms with Gasteiger partial charge in [-0.15, -0.1) is 5.10 Å². The molecule has 16 heavy (non-hydrogen) atoms. The van der Waals surface area contributed by atoms with E-state index in [9.17, 15) is 4.79 Å². The third-order valence-corrected chi connectivity index (χ3v) is 3.04. The topological polar surface area (TPSA) is 92.9 Å². The van der Waals surface area contributed by atoms with Crippen molar-refractivity contribution < 1.29 is 9.90 Å². The number of nitrogens with one attached hydrogen (secondary N) is 1. The minimum Gasteiger partial charge on any atom is -0.394 e. The van der Waals surface area contributed by atoms with E-state index in [-0.39, 0.29) is 12.5 Å². The Bertz CT molecular complexity index is 365. The Labute approximate surface area is 96.6 Å². The maximum Gasteiger partial charge on any atom is 0.230 e. The molecule has 2 N–H and O–H groups in total. The molecule has 0 radical (unpaired) electrons. The van der Waals surface area contributed by atoms with E-state index in [0.29, 0.717) is 23.5 Å². The highest BCUT2D eigenvalue weighted by atomic mass is 32.2. The van der Waals surface area contributed by atoms with Crippen LogP contribution in [0, 0.1) is 0 Å². The van der Waals surface area contributed by atoms with Gasteiger partial charge in [-0.3, -0.25) is 4.79 Å². The number of nitrogens with zero attached hydrogens (tertiary/aromatic N) is 4. The number of aliphatic hydroxyl groups is 1. The highest BCUT2D eigenvalue weighted by Gasteiger charge is 2.23. The van der Waals surface area contributed by atoms with E-state index in [2.05, 4.69) is 20.8 Å². The van der Waals surface area contributed by atoms with Gasteiger partial charge in [0.05, 0.1) is 18.9 Å². The maximum absolute atomic E-state index is 11.4. The Balaban J connectivity index is 1.78. The Hall–Kier alpha value is -1.15. The van der Waals surface area contributed by atoms with Gasteiger partial charge in [0.2, 0.25) is 11.1 Å². The third kappa shape index (κ3) is 3.17. The lowest BCUT2D eigenvalue weighted by molar-refractivity contribution is -0.118. The molecule has 0 saturated heterocycles. The summed E-state index contributed by atoms with van der Waals surface area (Å²) in [6.07, 6.45) is 2.16. The van der Waals surface area contributed by atoms with E-state index in [1.165, 1.54) is 16.4 Å². The molecule has 0 aliphatic heterocycles. The van der Waals surface area contributed by atoms with Crippen LogP contribution in [0.15, 0.2) is 5.16 Å². The number of thioether (sulfide) groups is 1. The Morgan fingerprint density at radius 2 is 2.44 bits per heavy atom. The molecule has 1 saturated carbocycles. The summed E-state index contributed by atoms with van der Waals surface area (Å²) in [7, 11) is 0. The van der Waals surface area contributed by atoms with Crippen LogP contribution in [0.1, 0.15) is 12.8 Å². The average molecular weight is 243 g/mol. The van der Waals surface area contributed by atoms with Crippen molar-refractivity contribution in [3.05, 3.63) is 0 Å². The number of aromatic nitrogens is 4. The molecule has 1 heterocycles. The summed E-state index contributed by atoms with van der Waals surface area (Å²) >= 11 is 1.28. The summed E-state index contributed by atoms with van der Waals surface area (Å²) in [6, 6.07) is 0.376. The van der Waals surface area contributed by atoms with Crippen LogP contribution < -0.4 is 5.32 Å². The zero-order valence-electron chi connectivity index (χ0n) is 8.67. The highest BCUT2D eigenvalue weighted by molar-refractivity contribution is 7.99. The molecule has 1 amide bonds. The Morgan fingerprint density at radius 1 is 1.62 bits per heavy atom. The lowest BCUT2D eigenvalue weighted by Gasteiger charge is -2.03. The first kappa shape index (κ1) is 11.3. The van der Waals surface area contributed by atoms with Gasteiger partial charge in [0, 0.05) is 6.04 Å². The zero-order chi connectivity index (χ0) is 11.4. The largest absolute Gasteiger partial charge is 0.394 e. The summed E-state index contributed by atoms with van der Waals surface area (Å²) < 4.78 is 1.48. The molecule has 0 bridgehead atoms. The first-order chi connectivity index (χ1) is 7.79. The monoisotopic (exact) mass is 243 g/mol. The van der Waals surface area contributed by atoms with Crippen LogP contribution in [-0.2, 0) is 11.3 Å². The molecule has 1 aliphatic carbocycles. The van der Waals surface area contributed by atoms with E-state index in [4.69, 9.17) is 5.11 Å². The van der Waals surface area contributed by atoms with E-state index in [1.54, 1.807) is 0 Å². The van der Waals surface area contributed by atoms with Crippen molar-refractivity contribution in [3.8, 4) is 0 Å². The summed E-state index contributed by atoms with van der Waals surface area (Å²) in [5.41, 5.74) is 0. The second-order valence-corrected chi connectivity index (χ2v) is 4.48. The number of hydrogen-bond acceptors (Lipinski definition) is 6. The highest BCUT2D eigenvalue weighted by Crippen LogP contribution is 2.19. The third-order valence-electron chi connectivity index (χ3n) is 2.09. The minimum absolute atomic E-state index is 0.00560. The van der Waals surface area contributed by atoms with Crippen LogP contribution in [0.4, 0.5) is 0 Å². The predicted molar refractivity (Wildman–Crippen MR) is 56.8 cm³/mol. The van der Waals surface area contributed by atoms with Crippen LogP contribution in [-0.4, -0.2) is 49.6 Å². The SMILES string of the molecule is O=C(CSc1nnnn1CCO)NC1CC1. The fourth-order valence-corrected chi connectivity index (χ4v) is 1.88. The number of carbonyl (C=O) groups excluding carboxylic acids is 1. The summed E-state index contributed by atoms with van der Waals surface area (Å²) in [6.45, 7) is 0.326. The lowest BCUT2D eigenvalue weighted by Crippen LogP contribution is -2.27.